The number of primary amides is 1. The van der Waals surface area contributed by atoms with Crippen molar-refractivity contribution >= 4 is 23.4 Å². The number of carbonyl (C=O) groups is 2. The molecule has 3 aromatic rings. The highest BCUT2D eigenvalue weighted by atomic mass is 35.5. The van der Waals surface area contributed by atoms with Gasteiger partial charge in [0, 0.05) is 11.1 Å². The van der Waals surface area contributed by atoms with E-state index in [9.17, 15) is 9.59 Å². The summed E-state index contributed by atoms with van der Waals surface area (Å²) in [6.45, 7) is 0. The second-order valence-corrected chi connectivity index (χ2v) is 6.80. The van der Waals surface area contributed by atoms with Crippen LogP contribution in [0.5, 0.6) is 5.75 Å². The topological polar surface area (TPSA) is 99.2 Å². The first-order valence-corrected chi connectivity index (χ1v) is 9.02. The Morgan fingerprint density at radius 1 is 1.21 bits per heavy atom. The average molecular weight is 397 g/mol. The first-order chi connectivity index (χ1) is 13.5. The molecule has 8 heteroatoms. The summed E-state index contributed by atoms with van der Waals surface area (Å²) >= 11 is 6.17. The predicted octanol–water partition coefficient (Wildman–Crippen LogP) is 2.79. The van der Waals surface area contributed by atoms with E-state index in [1.54, 1.807) is 12.1 Å². The lowest BCUT2D eigenvalue weighted by Crippen LogP contribution is -2.26. The van der Waals surface area contributed by atoms with Gasteiger partial charge in [0.2, 0.25) is 0 Å². The first-order valence-electron chi connectivity index (χ1n) is 8.64. The van der Waals surface area contributed by atoms with Crippen molar-refractivity contribution in [3.8, 4) is 17.0 Å². The van der Waals surface area contributed by atoms with Crippen molar-refractivity contribution in [2.24, 2.45) is 5.73 Å². The summed E-state index contributed by atoms with van der Waals surface area (Å²) in [5.74, 6) is -0.614. The maximum absolute atomic E-state index is 12.9. The first kappa shape index (κ1) is 18.1. The third-order valence-corrected chi connectivity index (χ3v) is 5.09. The molecule has 0 spiro atoms. The van der Waals surface area contributed by atoms with Crippen molar-refractivity contribution < 1.29 is 14.3 Å². The van der Waals surface area contributed by atoms with Gasteiger partial charge in [-0.05, 0) is 36.6 Å². The van der Waals surface area contributed by atoms with Crippen LogP contribution in [0.15, 0.2) is 42.5 Å². The fourth-order valence-electron chi connectivity index (χ4n) is 3.43. The van der Waals surface area contributed by atoms with E-state index in [-0.39, 0.29) is 16.3 Å². The Kier molecular flexibility index (Phi) is 4.52. The highest BCUT2D eigenvalue weighted by Crippen LogP contribution is 2.35. The number of aromatic nitrogens is 2. The minimum absolute atomic E-state index is 0.154. The zero-order valence-corrected chi connectivity index (χ0v) is 15.8. The van der Waals surface area contributed by atoms with Crippen molar-refractivity contribution in [3.63, 3.8) is 0 Å². The monoisotopic (exact) mass is 396 g/mol. The number of benzene rings is 2. The minimum Gasteiger partial charge on any atom is -0.497 e. The van der Waals surface area contributed by atoms with Crippen LogP contribution in [0.2, 0.25) is 5.02 Å². The van der Waals surface area contributed by atoms with Gasteiger partial charge in [-0.1, -0.05) is 35.9 Å². The Hall–Kier alpha value is -3.32. The van der Waals surface area contributed by atoms with Crippen LogP contribution >= 0.6 is 11.6 Å². The van der Waals surface area contributed by atoms with Crippen LogP contribution in [-0.2, 0) is 12.8 Å². The molecular weight excluding hydrogens is 380 g/mol. The number of fused-ring (bicyclic) bond motifs is 3. The van der Waals surface area contributed by atoms with E-state index in [4.69, 9.17) is 22.1 Å². The third kappa shape index (κ3) is 2.99. The fraction of sp³-hybridized carbons (Fsp3) is 0.150. The largest absolute Gasteiger partial charge is 0.497 e. The predicted molar refractivity (Wildman–Crippen MR) is 105 cm³/mol. The van der Waals surface area contributed by atoms with Gasteiger partial charge < -0.3 is 10.5 Å². The second kappa shape index (κ2) is 7.01. The van der Waals surface area contributed by atoms with E-state index < -0.39 is 11.8 Å². The molecule has 0 saturated heterocycles. The van der Waals surface area contributed by atoms with Crippen molar-refractivity contribution in [1.29, 1.82) is 0 Å². The molecule has 0 radical (unpaired) electrons. The van der Waals surface area contributed by atoms with Gasteiger partial charge in [-0.25, -0.2) is 5.43 Å². The number of methoxy groups -OCH3 is 1. The maximum Gasteiger partial charge on any atom is 0.273 e. The summed E-state index contributed by atoms with van der Waals surface area (Å²) in [6, 6.07) is 12.6. The quantitative estimate of drug-likeness (QED) is 0.708. The third-order valence-electron chi connectivity index (χ3n) is 4.76. The maximum atomic E-state index is 12.9. The normalized spacial score (nSPS) is 12.1. The van der Waals surface area contributed by atoms with Gasteiger partial charge in [-0.3, -0.25) is 9.59 Å². The molecule has 2 aromatic carbocycles. The molecule has 0 bridgehead atoms. The lowest BCUT2D eigenvalue weighted by Gasteiger charge is -2.18. The Balaban J connectivity index is 1.80. The van der Waals surface area contributed by atoms with Crippen LogP contribution in [0.3, 0.4) is 0 Å². The molecule has 1 aliphatic carbocycles. The van der Waals surface area contributed by atoms with Gasteiger partial charge in [-0.2, -0.15) is 4.79 Å². The van der Waals surface area contributed by atoms with E-state index in [1.165, 1.54) is 18.0 Å². The summed E-state index contributed by atoms with van der Waals surface area (Å²) < 4.78 is 5.16. The van der Waals surface area contributed by atoms with Gasteiger partial charge >= 0.3 is 0 Å². The van der Waals surface area contributed by atoms with E-state index in [1.807, 2.05) is 24.3 Å². The summed E-state index contributed by atoms with van der Waals surface area (Å²) in [5, 5.41) is 4.54. The molecule has 142 valence electrons. The molecule has 1 aromatic heterocycles. The van der Waals surface area contributed by atoms with Gasteiger partial charge in [0.1, 0.15) is 5.75 Å². The number of carbonyl (C=O) groups excluding carboxylic acids is 2. The molecule has 0 aliphatic heterocycles. The number of ether oxygens (including phenoxy) is 1. The Bertz CT molecular complexity index is 1110. The molecule has 1 aliphatic rings. The van der Waals surface area contributed by atoms with Crippen LogP contribution in [0.25, 0.3) is 11.3 Å². The Labute approximate surface area is 166 Å². The van der Waals surface area contributed by atoms with E-state index >= 15 is 0 Å². The number of halogens is 1. The smallest absolute Gasteiger partial charge is 0.273 e. The molecule has 0 saturated carbocycles. The van der Waals surface area contributed by atoms with Gasteiger partial charge in [0.25, 0.3) is 11.8 Å². The van der Waals surface area contributed by atoms with E-state index in [0.717, 1.165) is 23.1 Å². The molecule has 4 rings (SSSR count). The van der Waals surface area contributed by atoms with Crippen molar-refractivity contribution in [3.05, 3.63) is 69.9 Å². The van der Waals surface area contributed by atoms with Crippen LogP contribution in [0, 0.1) is 0 Å². The highest BCUT2D eigenvalue weighted by molar-refractivity contribution is 6.34. The fourth-order valence-corrected chi connectivity index (χ4v) is 3.64. The SMILES string of the molecule is COc1ccc(Cl)c(C(=O)Nn2nc(C(N)=O)c3c2-c2ccccc2CC3)c1. The molecule has 1 heterocycles. The van der Waals surface area contributed by atoms with E-state index in [0.29, 0.717) is 17.9 Å². The minimum atomic E-state index is -0.636. The lowest BCUT2D eigenvalue weighted by atomic mass is 9.89. The molecule has 2 amide bonds. The summed E-state index contributed by atoms with van der Waals surface area (Å²) in [5.41, 5.74) is 12.0. The van der Waals surface area contributed by atoms with Crippen LogP contribution < -0.4 is 15.9 Å². The zero-order valence-electron chi connectivity index (χ0n) is 15.0. The average Bonchev–Trinajstić information content (AvgIpc) is 3.07. The van der Waals surface area contributed by atoms with Gasteiger partial charge in [0.15, 0.2) is 5.69 Å². The number of aryl methyl sites for hydroxylation is 1. The molecule has 0 unspecified atom stereocenters. The van der Waals surface area contributed by atoms with Crippen LogP contribution in [0.4, 0.5) is 0 Å². The molecule has 3 N–H and O–H groups in total. The number of nitrogens with zero attached hydrogens (tertiary/aromatic N) is 2. The number of nitrogens with two attached hydrogens (primary N) is 1. The molecule has 0 fully saturated rings. The van der Waals surface area contributed by atoms with Crippen LogP contribution in [0.1, 0.15) is 32.0 Å². The van der Waals surface area contributed by atoms with Crippen molar-refractivity contribution in [1.82, 2.24) is 9.89 Å². The summed E-state index contributed by atoms with van der Waals surface area (Å²) in [7, 11) is 1.50. The number of amides is 2. The number of rotatable bonds is 4. The molecule has 7 nitrogen and oxygen atoms in total. The molecule has 28 heavy (non-hydrogen) atoms. The molecular formula is C20H17ClN4O3. The number of hydrogen-bond acceptors (Lipinski definition) is 4. The van der Waals surface area contributed by atoms with Gasteiger partial charge in [0.05, 0.1) is 23.4 Å². The highest BCUT2D eigenvalue weighted by Gasteiger charge is 2.28. The van der Waals surface area contributed by atoms with Crippen molar-refractivity contribution in [2.75, 3.05) is 12.5 Å². The Morgan fingerprint density at radius 2 is 2.00 bits per heavy atom. The second-order valence-electron chi connectivity index (χ2n) is 6.40. The number of nitrogens with one attached hydrogen (secondary N) is 1. The summed E-state index contributed by atoms with van der Waals surface area (Å²) in [6.07, 6.45) is 1.38. The summed E-state index contributed by atoms with van der Waals surface area (Å²) in [4.78, 5) is 26.1. The standard InChI is InChI=1S/C20H17ClN4O3/c1-28-12-7-9-16(21)15(10-12)20(27)24-25-18-13-5-3-2-4-11(13)6-8-14(18)17(23-25)19(22)26/h2-5,7,9-10H,6,8H2,1H3,(H2,22,26)(H,24,27). The molecule has 0 atom stereocenters. The Morgan fingerprint density at radius 3 is 2.75 bits per heavy atom. The van der Waals surface area contributed by atoms with Crippen molar-refractivity contribution in [2.45, 2.75) is 12.8 Å². The van der Waals surface area contributed by atoms with Gasteiger partial charge in [-0.15, -0.1) is 5.10 Å². The lowest BCUT2D eigenvalue weighted by molar-refractivity contribution is 0.0983. The zero-order chi connectivity index (χ0) is 19.8. The van der Waals surface area contributed by atoms with Crippen LogP contribution in [-0.4, -0.2) is 28.8 Å². The van der Waals surface area contributed by atoms with E-state index in [2.05, 4.69) is 10.5 Å². The number of hydrogen-bond donors (Lipinski definition) is 2.